The summed E-state index contributed by atoms with van der Waals surface area (Å²) in [4.78, 5) is 0. The van der Waals surface area contributed by atoms with Crippen molar-refractivity contribution >= 4 is 34.8 Å². The normalized spacial score (nSPS) is 11.8. The highest BCUT2D eigenvalue weighted by atomic mass is 35.5. The van der Waals surface area contributed by atoms with Crippen molar-refractivity contribution in [1.29, 1.82) is 0 Å². The van der Waals surface area contributed by atoms with Gasteiger partial charge in [-0.15, -0.1) is 0 Å². The molecule has 0 atom stereocenters. The van der Waals surface area contributed by atoms with E-state index in [0.29, 0.717) is 20.8 Å². The van der Waals surface area contributed by atoms with Gasteiger partial charge in [0, 0.05) is 32.7 Å². The van der Waals surface area contributed by atoms with Crippen molar-refractivity contribution in [3.63, 3.8) is 0 Å². The molecule has 0 saturated carbocycles. The number of hydrogen-bond donors (Lipinski definition) is 0. The minimum absolute atomic E-state index is 0.153. The minimum atomic E-state index is -0.153. The topological polar surface area (TPSA) is 43.9 Å². The Labute approximate surface area is 190 Å². The number of rotatable bonds is 3. The van der Waals surface area contributed by atoms with E-state index >= 15 is 0 Å². The van der Waals surface area contributed by atoms with Crippen LogP contribution in [0.4, 0.5) is 0 Å². The quantitative estimate of drug-likeness (QED) is 0.314. The van der Waals surface area contributed by atoms with Crippen LogP contribution in [0.3, 0.4) is 0 Å². The summed E-state index contributed by atoms with van der Waals surface area (Å²) >= 11 is 18.7. The molecule has 0 aliphatic carbocycles. The van der Waals surface area contributed by atoms with Crippen molar-refractivity contribution in [2.24, 2.45) is 0 Å². The van der Waals surface area contributed by atoms with Gasteiger partial charge in [0.2, 0.25) is 0 Å². The second kappa shape index (κ2) is 7.77. The number of halogens is 3. The molecule has 0 aliphatic rings. The molecule has 2 aromatic carbocycles. The zero-order chi connectivity index (χ0) is 21.6. The van der Waals surface area contributed by atoms with Crippen LogP contribution in [0.2, 0.25) is 15.1 Å². The molecule has 0 N–H and O–H groups in total. The maximum Gasteiger partial charge on any atom is 0.142 e. The van der Waals surface area contributed by atoms with Crippen molar-refractivity contribution < 1.29 is 4.52 Å². The van der Waals surface area contributed by atoms with Gasteiger partial charge in [-0.05, 0) is 37.3 Å². The van der Waals surface area contributed by atoms with Gasteiger partial charge in [0.1, 0.15) is 17.1 Å². The summed E-state index contributed by atoms with van der Waals surface area (Å²) in [6.45, 7) is 8.25. The van der Waals surface area contributed by atoms with E-state index in [1.165, 1.54) is 0 Å². The molecule has 154 valence electrons. The Morgan fingerprint density at radius 2 is 1.57 bits per heavy atom. The van der Waals surface area contributed by atoms with Gasteiger partial charge in [-0.3, -0.25) is 0 Å². The summed E-state index contributed by atoms with van der Waals surface area (Å²) < 4.78 is 7.41. The molecule has 0 bridgehead atoms. The predicted octanol–water partition coefficient (Wildman–Crippen LogP) is 7.76. The fourth-order valence-corrected chi connectivity index (χ4v) is 3.87. The van der Waals surface area contributed by atoms with Crippen LogP contribution in [0.5, 0.6) is 0 Å². The first-order valence-electron chi connectivity index (χ1n) is 9.43. The maximum absolute atomic E-state index is 6.52. The Bertz CT molecular complexity index is 1220. The Kier molecular flexibility index (Phi) is 5.43. The van der Waals surface area contributed by atoms with E-state index < -0.39 is 0 Å². The van der Waals surface area contributed by atoms with Gasteiger partial charge >= 0.3 is 0 Å². The average Bonchev–Trinajstić information content (AvgIpc) is 3.28. The largest absolute Gasteiger partial charge is 0.360 e. The van der Waals surface area contributed by atoms with Crippen LogP contribution < -0.4 is 0 Å². The number of aromatic nitrogens is 3. The zero-order valence-electron chi connectivity index (χ0n) is 17.0. The van der Waals surface area contributed by atoms with Crippen molar-refractivity contribution in [1.82, 2.24) is 14.9 Å². The molecule has 0 unspecified atom stereocenters. The molecule has 2 heterocycles. The molecule has 30 heavy (non-hydrogen) atoms. The third-order valence-electron chi connectivity index (χ3n) is 4.87. The number of benzene rings is 2. The first-order valence-corrected chi connectivity index (χ1v) is 10.6. The average molecular weight is 461 g/mol. The highest BCUT2D eigenvalue weighted by molar-refractivity contribution is 6.35. The van der Waals surface area contributed by atoms with Gasteiger partial charge in [0.25, 0.3) is 0 Å². The van der Waals surface area contributed by atoms with Crippen molar-refractivity contribution in [3.05, 3.63) is 74.9 Å². The summed E-state index contributed by atoms with van der Waals surface area (Å²) in [5.41, 5.74) is 4.78. The van der Waals surface area contributed by atoms with Gasteiger partial charge in [0.05, 0.1) is 16.4 Å². The smallest absolute Gasteiger partial charge is 0.142 e. The fourth-order valence-electron chi connectivity index (χ4n) is 3.25. The standard InChI is InChI=1S/C23H20Cl3N3O/c1-13-21(18-12-20(30-28-18)23(2,3)4)27-29(19-10-9-16(25)11-17(19)26)22(13)14-5-7-15(24)8-6-14/h5-12H,1-4H3. The van der Waals surface area contributed by atoms with Crippen LogP contribution in [0.25, 0.3) is 28.3 Å². The van der Waals surface area contributed by atoms with E-state index in [-0.39, 0.29) is 5.41 Å². The third kappa shape index (κ3) is 3.87. The second-order valence-corrected chi connectivity index (χ2v) is 9.44. The van der Waals surface area contributed by atoms with Gasteiger partial charge < -0.3 is 4.52 Å². The summed E-state index contributed by atoms with van der Waals surface area (Å²) in [5, 5.41) is 10.9. The molecule has 2 aromatic heterocycles. The lowest BCUT2D eigenvalue weighted by molar-refractivity contribution is 0.330. The molecular formula is C23H20Cl3N3O. The fraction of sp³-hybridized carbons (Fsp3) is 0.217. The van der Waals surface area contributed by atoms with Gasteiger partial charge in [0.15, 0.2) is 0 Å². The highest BCUT2D eigenvalue weighted by Crippen LogP contribution is 2.37. The van der Waals surface area contributed by atoms with Crippen LogP contribution in [0, 0.1) is 6.92 Å². The van der Waals surface area contributed by atoms with Crippen LogP contribution in [0.1, 0.15) is 32.1 Å². The van der Waals surface area contributed by atoms with E-state index in [1.807, 2.05) is 48.0 Å². The zero-order valence-corrected chi connectivity index (χ0v) is 19.3. The van der Waals surface area contributed by atoms with Crippen molar-refractivity contribution in [2.45, 2.75) is 33.1 Å². The van der Waals surface area contributed by atoms with E-state index in [9.17, 15) is 0 Å². The maximum atomic E-state index is 6.52. The van der Waals surface area contributed by atoms with E-state index in [2.05, 4.69) is 25.9 Å². The van der Waals surface area contributed by atoms with Crippen LogP contribution in [-0.2, 0) is 5.41 Å². The Morgan fingerprint density at radius 3 is 2.17 bits per heavy atom. The molecule has 0 aliphatic heterocycles. The van der Waals surface area contributed by atoms with Gasteiger partial charge in [-0.25, -0.2) is 4.68 Å². The molecule has 0 radical (unpaired) electrons. The summed E-state index contributed by atoms with van der Waals surface area (Å²) in [6, 6.07) is 14.9. The second-order valence-electron chi connectivity index (χ2n) is 8.16. The number of hydrogen-bond acceptors (Lipinski definition) is 3. The number of nitrogens with zero attached hydrogens (tertiary/aromatic N) is 3. The molecule has 4 aromatic rings. The molecule has 4 rings (SSSR count). The van der Waals surface area contributed by atoms with Crippen molar-refractivity contribution in [2.75, 3.05) is 0 Å². The lowest BCUT2D eigenvalue weighted by atomic mass is 9.93. The SMILES string of the molecule is Cc1c(-c2cc(C(C)(C)C)on2)nn(-c2ccc(Cl)cc2Cl)c1-c1ccc(Cl)cc1. The monoisotopic (exact) mass is 459 g/mol. The lowest BCUT2D eigenvalue weighted by Crippen LogP contribution is -2.09. The summed E-state index contributed by atoms with van der Waals surface area (Å²) in [6.07, 6.45) is 0. The summed E-state index contributed by atoms with van der Waals surface area (Å²) in [7, 11) is 0. The Balaban J connectivity index is 1.95. The van der Waals surface area contributed by atoms with E-state index in [0.717, 1.165) is 34.0 Å². The first-order chi connectivity index (χ1) is 14.1. The van der Waals surface area contributed by atoms with E-state index in [4.69, 9.17) is 44.4 Å². The van der Waals surface area contributed by atoms with Crippen LogP contribution in [-0.4, -0.2) is 14.9 Å². The lowest BCUT2D eigenvalue weighted by Gasteiger charge is -2.12. The summed E-state index contributed by atoms with van der Waals surface area (Å²) in [5.74, 6) is 0.795. The molecule has 0 saturated heterocycles. The molecule has 0 fully saturated rings. The Hall–Kier alpha value is -2.27. The highest BCUT2D eigenvalue weighted by Gasteiger charge is 2.25. The third-order valence-corrected chi connectivity index (χ3v) is 5.66. The van der Waals surface area contributed by atoms with Gasteiger partial charge in [-0.1, -0.05) is 72.9 Å². The molecular weight excluding hydrogens is 441 g/mol. The van der Waals surface area contributed by atoms with Crippen LogP contribution in [0.15, 0.2) is 53.1 Å². The Morgan fingerprint density at radius 1 is 0.900 bits per heavy atom. The first kappa shape index (κ1) is 21.0. The minimum Gasteiger partial charge on any atom is -0.360 e. The predicted molar refractivity (Wildman–Crippen MR) is 123 cm³/mol. The molecule has 7 heteroatoms. The van der Waals surface area contributed by atoms with Crippen molar-refractivity contribution in [3.8, 4) is 28.3 Å². The molecule has 0 spiro atoms. The van der Waals surface area contributed by atoms with Gasteiger partial charge in [-0.2, -0.15) is 5.10 Å². The molecule has 0 amide bonds. The molecule has 4 nitrogen and oxygen atoms in total. The van der Waals surface area contributed by atoms with Crippen LogP contribution >= 0.6 is 34.8 Å². The van der Waals surface area contributed by atoms with E-state index in [1.54, 1.807) is 12.1 Å².